The van der Waals surface area contributed by atoms with Crippen molar-refractivity contribution >= 4 is 0 Å². The number of methoxy groups -OCH3 is 1. The van der Waals surface area contributed by atoms with Crippen molar-refractivity contribution in [1.82, 2.24) is 10.5 Å². The van der Waals surface area contributed by atoms with Crippen molar-refractivity contribution in [3.8, 4) is 17.1 Å². The number of nitrogens with zero attached hydrogens (tertiary/aromatic N) is 1. The van der Waals surface area contributed by atoms with E-state index in [9.17, 15) is 0 Å². The lowest BCUT2D eigenvalue weighted by molar-refractivity contribution is 0.403. The van der Waals surface area contributed by atoms with Crippen LogP contribution in [0.15, 0.2) is 28.8 Å². The van der Waals surface area contributed by atoms with E-state index in [1.807, 2.05) is 24.3 Å². The Morgan fingerprint density at radius 1 is 1.35 bits per heavy atom. The van der Waals surface area contributed by atoms with Gasteiger partial charge in [-0.05, 0) is 25.1 Å². The number of hydrogen-bond donors (Lipinski definition) is 1. The monoisotopic (exact) mass is 230 g/mol. The number of rotatable bonds is 2. The summed E-state index contributed by atoms with van der Waals surface area (Å²) >= 11 is 0. The molecule has 4 heteroatoms. The number of benzene rings is 1. The van der Waals surface area contributed by atoms with Crippen LogP contribution in [0.5, 0.6) is 5.75 Å². The fourth-order valence-electron chi connectivity index (χ4n) is 2.20. The molecule has 1 N–H and O–H groups in total. The van der Waals surface area contributed by atoms with Crippen LogP contribution in [-0.4, -0.2) is 18.8 Å². The van der Waals surface area contributed by atoms with E-state index in [4.69, 9.17) is 9.26 Å². The Bertz CT molecular complexity index is 534. The van der Waals surface area contributed by atoms with Crippen LogP contribution in [0.4, 0.5) is 0 Å². The van der Waals surface area contributed by atoms with E-state index in [0.717, 1.165) is 42.3 Å². The maximum Gasteiger partial charge on any atom is 0.174 e. The molecule has 0 bridgehead atoms. The molecular formula is C13H14N2O2. The highest BCUT2D eigenvalue weighted by molar-refractivity contribution is 5.69. The fourth-order valence-corrected chi connectivity index (χ4v) is 2.20. The third-order valence-corrected chi connectivity index (χ3v) is 3.07. The zero-order valence-corrected chi connectivity index (χ0v) is 9.69. The number of aromatic nitrogens is 1. The third kappa shape index (κ3) is 1.70. The van der Waals surface area contributed by atoms with Crippen molar-refractivity contribution in [1.29, 1.82) is 0 Å². The van der Waals surface area contributed by atoms with Gasteiger partial charge in [-0.3, -0.25) is 0 Å². The molecule has 1 aliphatic heterocycles. The highest BCUT2D eigenvalue weighted by Crippen LogP contribution is 2.34. The van der Waals surface area contributed by atoms with Gasteiger partial charge >= 0.3 is 0 Å². The van der Waals surface area contributed by atoms with Crippen LogP contribution >= 0.6 is 0 Å². The van der Waals surface area contributed by atoms with Gasteiger partial charge in [0.15, 0.2) is 5.76 Å². The number of ether oxygens (including phenoxy) is 1. The van der Waals surface area contributed by atoms with Gasteiger partial charge in [-0.2, -0.15) is 0 Å². The first-order chi connectivity index (χ1) is 8.40. The lowest BCUT2D eigenvalue weighted by atomic mass is 10.0. The van der Waals surface area contributed by atoms with Crippen molar-refractivity contribution in [3.63, 3.8) is 0 Å². The summed E-state index contributed by atoms with van der Waals surface area (Å²) in [6.45, 7) is 1.75. The van der Waals surface area contributed by atoms with Gasteiger partial charge in [0, 0.05) is 12.1 Å². The van der Waals surface area contributed by atoms with E-state index in [0.29, 0.717) is 0 Å². The average molecular weight is 230 g/mol. The Balaban J connectivity index is 2.12. The molecule has 0 aliphatic carbocycles. The van der Waals surface area contributed by atoms with Crippen LogP contribution < -0.4 is 10.1 Å². The van der Waals surface area contributed by atoms with Gasteiger partial charge in [0.05, 0.1) is 12.7 Å². The summed E-state index contributed by atoms with van der Waals surface area (Å²) in [6.07, 6.45) is 0.951. The van der Waals surface area contributed by atoms with Crippen LogP contribution in [0.3, 0.4) is 0 Å². The van der Waals surface area contributed by atoms with E-state index >= 15 is 0 Å². The molecule has 0 atom stereocenters. The first kappa shape index (κ1) is 10.4. The van der Waals surface area contributed by atoms with Crippen molar-refractivity contribution in [2.75, 3.05) is 13.7 Å². The summed E-state index contributed by atoms with van der Waals surface area (Å²) in [5.41, 5.74) is 3.19. The fraction of sp³-hybridized carbons (Fsp3) is 0.308. The molecule has 1 aliphatic rings. The number of para-hydroxylation sites is 1. The molecule has 4 nitrogen and oxygen atoms in total. The van der Waals surface area contributed by atoms with Gasteiger partial charge in [-0.15, -0.1) is 0 Å². The molecule has 88 valence electrons. The number of fused-ring (bicyclic) bond motifs is 1. The zero-order chi connectivity index (χ0) is 11.7. The van der Waals surface area contributed by atoms with Crippen molar-refractivity contribution < 1.29 is 9.26 Å². The zero-order valence-electron chi connectivity index (χ0n) is 9.69. The predicted octanol–water partition coefficient (Wildman–Crippen LogP) is 2.00. The van der Waals surface area contributed by atoms with Gasteiger partial charge in [0.1, 0.15) is 11.4 Å². The van der Waals surface area contributed by atoms with Crippen LogP contribution in [0.1, 0.15) is 11.3 Å². The molecule has 1 aromatic heterocycles. The maximum absolute atomic E-state index is 5.48. The molecule has 1 aromatic carbocycles. The molecule has 0 amide bonds. The molecule has 0 radical (unpaired) electrons. The predicted molar refractivity (Wildman–Crippen MR) is 63.9 cm³/mol. The number of nitrogens with one attached hydrogen (secondary N) is 1. The molecule has 0 saturated heterocycles. The van der Waals surface area contributed by atoms with E-state index in [1.54, 1.807) is 7.11 Å². The first-order valence-electron chi connectivity index (χ1n) is 5.71. The smallest absolute Gasteiger partial charge is 0.174 e. The van der Waals surface area contributed by atoms with Crippen molar-refractivity contribution in [3.05, 3.63) is 35.5 Å². The summed E-state index contributed by atoms with van der Waals surface area (Å²) < 4.78 is 10.8. The molecular weight excluding hydrogens is 216 g/mol. The maximum atomic E-state index is 5.48. The summed E-state index contributed by atoms with van der Waals surface area (Å²) in [4.78, 5) is 0. The summed E-state index contributed by atoms with van der Waals surface area (Å²) in [6, 6.07) is 7.87. The Labute approximate surface area is 99.6 Å². The van der Waals surface area contributed by atoms with E-state index in [1.165, 1.54) is 5.56 Å². The third-order valence-electron chi connectivity index (χ3n) is 3.07. The van der Waals surface area contributed by atoms with Gasteiger partial charge in [0.2, 0.25) is 0 Å². The summed E-state index contributed by atoms with van der Waals surface area (Å²) in [5, 5.41) is 7.40. The normalized spacial score (nSPS) is 14.4. The summed E-state index contributed by atoms with van der Waals surface area (Å²) in [5.74, 6) is 1.67. The molecule has 2 aromatic rings. The lowest BCUT2D eigenvalue weighted by Crippen LogP contribution is -2.23. The second-order valence-corrected chi connectivity index (χ2v) is 4.06. The molecule has 17 heavy (non-hydrogen) atoms. The standard InChI is InChI=1S/C13H14N2O2/c1-16-12-5-3-2-4-10(12)13-9-6-7-14-8-11(9)15-17-13/h2-5,14H,6-8H2,1H3. The quantitative estimate of drug-likeness (QED) is 0.857. The minimum absolute atomic E-state index is 0.786. The Hall–Kier alpha value is -1.81. The van der Waals surface area contributed by atoms with Crippen molar-refractivity contribution in [2.45, 2.75) is 13.0 Å². The van der Waals surface area contributed by atoms with Crippen LogP contribution in [0.25, 0.3) is 11.3 Å². The topological polar surface area (TPSA) is 47.3 Å². The molecule has 0 saturated carbocycles. The van der Waals surface area contributed by atoms with E-state index in [2.05, 4.69) is 10.5 Å². The molecule has 0 spiro atoms. The molecule has 3 rings (SSSR count). The first-order valence-corrected chi connectivity index (χ1v) is 5.71. The largest absolute Gasteiger partial charge is 0.496 e. The minimum atomic E-state index is 0.786. The van der Waals surface area contributed by atoms with Crippen LogP contribution in [0, 0.1) is 0 Å². The highest BCUT2D eigenvalue weighted by atomic mass is 16.5. The second kappa shape index (κ2) is 4.22. The average Bonchev–Trinajstić information content (AvgIpc) is 2.82. The van der Waals surface area contributed by atoms with Gasteiger partial charge in [-0.25, -0.2) is 0 Å². The lowest BCUT2D eigenvalue weighted by Gasteiger charge is -2.12. The SMILES string of the molecule is COc1ccccc1-c1onc2c1CCNC2. The van der Waals surface area contributed by atoms with E-state index < -0.39 is 0 Å². The molecule has 0 fully saturated rings. The van der Waals surface area contributed by atoms with Crippen LogP contribution in [-0.2, 0) is 13.0 Å². The van der Waals surface area contributed by atoms with Gasteiger partial charge in [0.25, 0.3) is 0 Å². The Morgan fingerprint density at radius 3 is 3.12 bits per heavy atom. The molecule has 0 unspecified atom stereocenters. The second-order valence-electron chi connectivity index (χ2n) is 4.06. The minimum Gasteiger partial charge on any atom is -0.496 e. The van der Waals surface area contributed by atoms with Gasteiger partial charge < -0.3 is 14.6 Å². The summed E-state index contributed by atoms with van der Waals surface area (Å²) in [7, 11) is 1.67. The van der Waals surface area contributed by atoms with Crippen LogP contribution in [0.2, 0.25) is 0 Å². The number of hydrogen-bond acceptors (Lipinski definition) is 4. The Morgan fingerprint density at radius 2 is 2.24 bits per heavy atom. The van der Waals surface area contributed by atoms with E-state index in [-0.39, 0.29) is 0 Å². The Kier molecular flexibility index (Phi) is 2.57. The molecule has 2 heterocycles. The van der Waals surface area contributed by atoms with Crippen molar-refractivity contribution in [2.24, 2.45) is 0 Å². The highest BCUT2D eigenvalue weighted by Gasteiger charge is 2.21. The van der Waals surface area contributed by atoms with Gasteiger partial charge in [-0.1, -0.05) is 17.3 Å².